The smallest absolute Gasteiger partial charge is 0.337 e. The lowest BCUT2D eigenvalue weighted by Crippen LogP contribution is -2.38. The van der Waals surface area contributed by atoms with Gasteiger partial charge in [0.15, 0.2) is 0 Å². The fourth-order valence-corrected chi connectivity index (χ4v) is 4.67. The Morgan fingerprint density at radius 3 is 2.28 bits per heavy atom. The highest BCUT2D eigenvalue weighted by Gasteiger charge is 2.27. The summed E-state index contributed by atoms with van der Waals surface area (Å²) in [6, 6.07) is 19.3. The fourth-order valence-electron chi connectivity index (χ4n) is 2.96. The van der Waals surface area contributed by atoms with Gasteiger partial charge in [0.05, 0.1) is 23.3 Å². The van der Waals surface area contributed by atoms with Gasteiger partial charge in [0.25, 0.3) is 10.0 Å². The number of sulfonamides is 1. The molecule has 0 bridgehead atoms. The van der Waals surface area contributed by atoms with Crippen LogP contribution in [0.3, 0.4) is 0 Å². The number of hydrogen-bond donors (Lipinski definition) is 1. The Morgan fingerprint density at radius 1 is 1.00 bits per heavy atom. The zero-order chi connectivity index (χ0) is 23.3. The molecule has 0 aliphatic carbocycles. The van der Waals surface area contributed by atoms with E-state index in [2.05, 4.69) is 21.2 Å². The second-order valence-electron chi connectivity index (χ2n) is 6.87. The van der Waals surface area contributed by atoms with E-state index in [0.717, 1.165) is 8.78 Å². The van der Waals surface area contributed by atoms with Gasteiger partial charge >= 0.3 is 5.97 Å². The Hall–Kier alpha value is -3.17. The number of anilines is 2. The molecule has 0 saturated carbocycles. The highest BCUT2D eigenvalue weighted by Crippen LogP contribution is 2.26. The van der Waals surface area contributed by atoms with E-state index in [0.29, 0.717) is 16.9 Å². The maximum atomic E-state index is 13.3. The molecule has 0 aromatic heterocycles. The predicted octanol–water partition coefficient (Wildman–Crippen LogP) is 4.38. The lowest BCUT2D eigenvalue weighted by molar-refractivity contribution is -0.114. The number of carbonyl (C=O) groups is 2. The van der Waals surface area contributed by atoms with Gasteiger partial charge < -0.3 is 10.1 Å². The minimum atomic E-state index is -4.01. The molecule has 7 nitrogen and oxygen atoms in total. The van der Waals surface area contributed by atoms with Crippen LogP contribution in [0.25, 0.3) is 0 Å². The summed E-state index contributed by atoms with van der Waals surface area (Å²) < 4.78 is 33.2. The third-order valence-corrected chi connectivity index (χ3v) is 6.98. The van der Waals surface area contributed by atoms with Crippen molar-refractivity contribution in [3.05, 3.63) is 88.4 Å². The molecule has 0 aliphatic rings. The third-order valence-electron chi connectivity index (χ3n) is 4.67. The molecule has 0 radical (unpaired) electrons. The van der Waals surface area contributed by atoms with E-state index in [1.807, 2.05) is 0 Å². The third kappa shape index (κ3) is 5.35. The van der Waals surface area contributed by atoms with Gasteiger partial charge in [-0.25, -0.2) is 13.2 Å². The summed E-state index contributed by atoms with van der Waals surface area (Å²) in [6.45, 7) is 1.31. The van der Waals surface area contributed by atoms with Crippen LogP contribution < -0.4 is 9.62 Å². The van der Waals surface area contributed by atoms with Crippen LogP contribution in [-0.2, 0) is 19.6 Å². The summed E-state index contributed by atoms with van der Waals surface area (Å²) in [6.07, 6.45) is 0. The van der Waals surface area contributed by atoms with Crippen LogP contribution in [0.1, 0.15) is 15.9 Å². The van der Waals surface area contributed by atoms with Crippen LogP contribution >= 0.6 is 15.9 Å². The van der Waals surface area contributed by atoms with Crippen molar-refractivity contribution in [1.29, 1.82) is 0 Å². The van der Waals surface area contributed by atoms with E-state index in [1.165, 1.54) is 25.3 Å². The Labute approximate surface area is 195 Å². The van der Waals surface area contributed by atoms with Crippen molar-refractivity contribution in [3.8, 4) is 0 Å². The van der Waals surface area contributed by atoms with E-state index in [-0.39, 0.29) is 10.5 Å². The summed E-state index contributed by atoms with van der Waals surface area (Å²) in [5.74, 6) is -1.10. The normalized spacial score (nSPS) is 11.0. The average Bonchev–Trinajstić information content (AvgIpc) is 2.79. The van der Waals surface area contributed by atoms with Crippen molar-refractivity contribution in [2.75, 3.05) is 23.3 Å². The average molecular weight is 517 g/mol. The molecule has 9 heteroatoms. The molecule has 0 heterocycles. The Balaban J connectivity index is 1.93. The van der Waals surface area contributed by atoms with Gasteiger partial charge in [0, 0.05) is 10.2 Å². The van der Waals surface area contributed by atoms with Crippen molar-refractivity contribution in [1.82, 2.24) is 0 Å². The number of esters is 1. The standard InChI is InChI=1S/C23H21BrN2O5S/c1-16-8-9-17(23(28)31-2)14-21(16)25-22(27)15-26(19-12-10-18(24)11-13-19)32(29,30)20-6-4-3-5-7-20/h3-14H,15H2,1-2H3,(H,25,27). The number of nitrogens with one attached hydrogen (secondary N) is 1. The van der Waals surface area contributed by atoms with Crippen LogP contribution in [0, 0.1) is 6.92 Å². The quantitative estimate of drug-likeness (QED) is 0.470. The van der Waals surface area contributed by atoms with Crippen molar-refractivity contribution in [2.24, 2.45) is 0 Å². The predicted molar refractivity (Wildman–Crippen MR) is 126 cm³/mol. The Bertz CT molecular complexity index is 1230. The molecule has 0 aliphatic heterocycles. The number of methoxy groups -OCH3 is 1. The first-order valence-electron chi connectivity index (χ1n) is 9.54. The zero-order valence-electron chi connectivity index (χ0n) is 17.4. The molecular weight excluding hydrogens is 496 g/mol. The number of rotatable bonds is 7. The molecule has 0 fully saturated rings. The molecule has 0 unspecified atom stereocenters. The van der Waals surface area contributed by atoms with Crippen molar-refractivity contribution < 1.29 is 22.7 Å². The largest absolute Gasteiger partial charge is 0.465 e. The zero-order valence-corrected chi connectivity index (χ0v) is 19.8. The number of amides is 1. The number of benzene rings is 3. The van der Waals surface area contributed by atoms with E-state index >= 15 is 0 Å². The first kappa shape index (κ1) is 23.5. The molecule has 3 aromatic rings. The first-order valence-corrected chi connectivity index (χ1v) is 11.8. The number of halogens is 1. The van der Waals surface area contributed by atoms with Gasteiger partial charge in [0.2, 0.25) is 5.91 Å². The van der Waals surface area contributed by atoms with Gasteiger partial charge in [-0.2, -0.15) is 0 Å². The maximum absolute atomic E-state index is 13.3. The summed E-state index contributed by atoms with van der Waals surface area (Å²) in [5, 5.41) is 2.70. The van der Waals surface area contributed by atoms with Crippen molar-refractivity contribution in [2.45, 2.75) is 11.8 Å². The molecule has 0 spiro atoms. The second-order valence-corrected chi connectivity index (χ2v) is 9.65. The van der Waals surface area contributed by atoms with Crippen LogP contribution in [0.4, 0.5) is 11.4 Å². The van der Waals surface area contributed by atoms with Crippen molar-refractivity contribution >= 4 is 49.2 Å². The van der Waals surface area contributed by atoms with Gasteiger partial charge in [-0.1, -0.05) is 40.2 Å². The van der Waals surface area contributed by atoms with Crippen LogP contribution in [-0.4, -0.2) is 33.9 Å². The maximum Gasteiger partial charge on any atom is 0.337 e. The monoisotopic (exact) mass is 516 g/mol. The SMILES string of the molecule is COC(=O)c1ccc(C)c(NC(=O)CN(c2ccc(Br)cc2)S(=O)(=O)c2ccccc2)c1. The van der Waals surface area contributed by atoms with Crippen LogP contribution in [0.15, 0.2) is 82.2 Å². The van der Waals surface area contributed by atoms with E-state index < -0.39 is 28.4 Å². The van der Waals surface area contributed by atoms with Crippen LogP contribution in [0.2, 0.25) is 0 Å². The Morgan fingerprint density at radius 2 is 1.66 bits per heavy atom. The summed E-state index contributed by atoms with van der Waals surface area (Å²) in [5.41, 5.74) is 1.72. The van der Waals surface area contributed by atoms with Crippen LogP contribution in [0.5, 0.6) is 0 Å². The molecule has 32 heavy (non-hydrogen) atoms. The number of nitrogens with zero attached hydrogens (tertiary/aromatic N) is 1. The lowest BCUT2D eigenvalue weighted by atomic mass is 10.1. The molecule has 0 saturated heterocycles. The van der Waals surface area contributed by atoms with Gasteiger partial charge in [0.1, 0.15) is 6.54 Å². The first-order chi connectivity index (χ1) is 15.2. The molecule has 1 N–H and O–H groups in total. The summed E-state index contributed by atoms with van der Waals surface area (Å²) >= 11 is 3.33. The number of aryl methyl sites for hydroxylation is 1. The van der Waals surface area contributed by atoms with Gasteiger partial charge in [-0.05, 0) is 61.0 Å². The fraction of sp³-hybridized carbons (Fsp3) is 0.130. The summed E-state index contributed by atoms with van der Waals surface area (Å²) in [4.78, 5) is 24.8. The second kappa shape index (κ2) is 9.97. The molecular formula is C23H21BrN2O5S. The Kier molecular flexibility index (Phi) is 7.32. The minimum absolute atomic E-state index is 0.0691. The molecule has 0 atom stereocenters. The van der Waals surface area contributed by atoms with E-state index in [4.69, 9.17) is 4.74 Å². The highest BCUT2D eigenvalue weighted by molar-refractivity contribution is 9.10. The van der Waals surface area contributed by atoms with E-state index in [9.17, 15) is 18.0 Å². The molecule has 3 rings (SSSR count). The molecule has 3 aromatic carbocycles. The lowest BCUT2D eigenvalue weighted by Gasteiger charge is -2.24. The van der Waals surface area contributed by atoms with E-state index in [1.54, 1.807) is 61.5 Å². The number of hydrogen-bond acceptors (Lipinski definition) is 5. The highest BCUT2D eigenvalue weighted by atomic mass is 79.9. The number of carbonyl (C=O) groups excluding carboxylic acids is 2. The molecule has 1 amide bonds. The van der Waals surface area contributed by atoms with Crippen molar-refractivity contribution in [3.63, 3.8) is 0 Å². The van der Waals surface area contributed by atoms with Gasteiger partial charge in [-0.3, -0.25) is 9.10 Å². The topological polar surface area (TPSA) is 92.8 Å². The number of ether oxygens (including phenoxy) is 1. The minimum Gasteiger partial charge on any atom is -0.465 e. The molecule has 166 valence electrons. The summed E-state index contributed by atoms with van der Waals surface area (Å²) in [7, 11) is -2.74. The van der Waals surface area contributed by atoms with Gasteiger partial charge in [-0.15, -0.1) is 0 Å².